The molecule has 0 spiro atoms. The normalized spacial score (nSPS) is 15.5. The molecule has 0 bridgehead atoms. The van der Waals surface area contributed by atoms with Crippen molar-refractivity contribution in [2.45, 2.75) is 46.2 Å². The number of thiocarbonyl (C=S) groups is 1. The molecule has 0 aromatic carbocycles. The van der Waals surface area contributed by atoms with Crippen LogP contribution in [0.1, 0.15) is 34.6 Å². The van der Waals surface area contributed by atoms with E-state index in [1.165, 1.54) is 0 Å². The summed E-state index contributed by atoms with van der Waals surface area (Å²) in [6, 6.07) is -0.189. The highest BCUT2D eigenvalue weighted by atomic mass is 32.1. The molecule has 0 saturated heterocycles. The summed E-state index contributed by atoms with van der Waals surface area (Å²) < 4.78 is 0. The lowest BCUT2D eigenvalue weighted by molar-refractivity contribution is -0.126. The molecule has 0 aliphatic carbocycles. The molecule has 0 aromatic rings. The SMILES string of the molecule is CC(CN(C)C(C)C(=O)NC(C)(C)C)C(N)=S. The molecular formula is C12H25N3OS. The molecule has 0 saturated carbocycles. The lowest BCUT2D eigenvalue weighted by Crippen LogP contribution is -2.51. The van der Waals surface area contributed by atoms with Gasteiger partial charge in [0, 0.05) is 18.0 Å². The van der Waals surface area contributed by atoms with Gasteiger partial charge in [0.05, 0.1) is 11.0 Å². The van der Waals surface area contributed by atoms with Crippen LogP contribution in [0.25, 0.3) is 0 Å². The fourth-order valence-electron chi connectivity index (χ4n) is 1.35. The number of hydrogen-bond acceptors (Lipinski definition) is 3. The Labute approximate surface area is 110 Å². The van der Waals surface area contributed by atoms with Crippen molar-refractivity contribution in [1.29, 1.82) is 0 Å². The number of rotatable bonds is 5. The van der Waals surface area contributed by atoms with Crippen LogP contribution in [-0.4, -0.2) is 41.0 Å². The van der Waals surface area contributed by atoms with E-state index < -0.39 is 0 Å². The molecule has 3 N–H and O–H groups in total. The third-order valence-corrected chi connectivity index (χ3v) is 2.99. The van der Waals surface area contributed by atoms with Crippen LogP contribution in [0.4, 0.5) is 0 Å². The van der Waals surface area contributed by atoms with Crippen LogP contribution < -0.4 is 11.1 Å². The van der Waals surface area contributed by atoms with E-state index in [-0.39, 0.29) is 23.4 Å². The number of nitrogens with one attached hydrogen (secondary N) is 1. The summed E-state index contributed by atoms with van der Waals surface area (Å²) >= 11 is 4.93. The zero-order valence-electron chi connectivity index (χ0n) is 11.7. The second-order valence-corrected chi connectivity index (χ2v) is 6.13. The van der Waals surface area contributed by atoms with Crippen molar-refractivity contribution in [3.05, 3.63) is 0 Å². The van der Waals surface area contributed by atoms with Crippen molar-refractivity contribution in [3.8, 4) is 0 Å². The van der Waals surface area contributed by atoms with E-state index in [0.29, 0.717) is 11.5 Å². The Morgan fingerprint density at radius 1 is 1.41 bits per heavy atom. The number of amides is 1. The summed E-state index contributed by atoms with van der Waals surface area (Å²) in [6.45, 7) is 10.4. The molecule has 0 heterocycles. The topological polar surface area (TPSA) is 58.4 Å². The van der Waals surface area contributed by atoms with Crippen LogP contribution in [0.15, 0.2) is 0 Å². The highest BCUT2D eigenvalue weighted by Gasteiger charge is 2.23. The number of likely N-dealkylation sites (N-methyl/N-ethyl adjacent to an activating group) is 1. The Bertz CT molecular complexity index is 286. The minimum absolute atomic E-state index is 0.0233. The molecule has 0 aliphatic rings. The van der Waals surface area contributed by atoms with Crippen LogP contribution in [0, 0.1) is 5.92 Å². The zero-order chi connectivity index (χ0) is 13.8. The number of carbonyl (C=O) groups excluding carboxylic acids is 1. The van der Waals surface area contributed by atoms with Crippen molar-refractivity contribution in [1.82, 2.24) is 10.2 Å². The smallest absolute Gasteiger partial charge is 0.237 e. The van der Waals surface area contributed by atoms with E-state index in [1.807, 2.05) is 46.6 Å². The highest BCUT2D eigenvalue weighted by molar-refractivity contribution is 7.80. The maximum absolute atomic E-state index is 11.9. The van der Waals surface area contributed by atoms with Gasteiger partial charge < -0.3 is 11.1 Å². The van der Waals surface area contributed by atoms with Crippen LogP contribution >= 0.6 is 12.2 Å². The van der Waals surface area contributed by atoms with Gasteiger partial charge in [-0.1, -0.05) is 19.1 Å². The molecule has 0 aromatic heterocycles. The Kier molecular flexibility index (Phi) is 6.05. The summed E-state index contributed by atoms with van der Waals surface area (Å²) in [4.78, 5) is 14.4. The molecule has 0 aliphatic heterocycles. The fourth-order valence-corrected chi connectivity index (χ4v) is 1.43. The number of nitrogens with zero attached hydrogens (tertiary/aromatic N) is 1. The Hall–Kier alpha value is -0.680. The molecule has 0 rings (SSSR count). The summed E-state index contributed by atoms with van der Waals surface area (Å²) in [6.07, 6.45) is 0. The Morgan fingerprint density at radius 3 is 2.24 bits per heavy atom. The first-order valence-electron chi connectivity index (χ1n) is 5.86. The van der Waals surface area contributed by atoms with E-state index in [9.17, 15) is 4.79 Å². The molecule has 4 nitrogen and oxygen atoms in total. The molecule has 17 heavy (non-hydrogen) atoms. The van der Waals surface area contributed by atoms with Crippen LogP contribution in [0.3, 0.4) is 0 Å². The molecule has 0 radical (unpaired) electrons. The van der Waals surface area contributed by atoms with Gasteiger partial charge in [-0.05, 0) is 34.7 Å². The van der Waals surface area contributed by atoms with E-state index in [2.05, 4.69) is 5.32 Å². The van der Waals surface area contributed by atoms with E-state index >= 15 is 0 Å². The van der Waals surface area contributed by atoms with E-state index in [1.54, 1.807) is 0 Å². The van der Waals surface area contributed by atoms with Crippen molar-refractivity contribution in [2.24, 2.45) is 11.7 Å². The van der Waals surface area contributed by atoms with Crippen molar-refractivity contribution < 1.29 is 4.79 Å². The van der Waals surface area contributed by atoms with Gasteiger partial charge in [0.15, 0.2) is 0 Å². The standard InChI is InChI=1S/C12H25N3OS/c1-8(10(13)17)7-15(6)9(2)11(16)14-12(3,4)5/h8-9H,7H2,1-6H3,(H2,13,17)(H,14,16). The quantitative estimate of drug-likeness (QED) is 0.727. The number of hydrogen-bond donors (Lipinski definition) is 2. The average molecular weight is 259 g/mol. The highest BCUT2D eigenvalue weighted by Crippen LogP contribution is 2.06. The van der Waals surface area contributed by atoms with Gasteiger partial charge in [0.1, 0.15) is 0 Å². The monoisotopic (exact) mass is 259 g/mol. The predicted molar refractivity (Wildman–Crippen MR) is 75.9 cm³/mol. The third kappa shape index (κ3) is 6.58. The largest absolute Gasteiger partial charge is 0.393 e. The van der Waals surface area contributed by atoms with Gasteiger partial charge in [0.2, 0.25) is 5.91 Å². The summed E-state index contributed by atoms with van der Waals surface area (Å²) in [7, 11) is 1.90. The van der Waals surface area contributed by atoms with Crippen molar-refractivity contribution >= 4 is 23.1 Å². The minimum Gasteiger partial charge on any atom is -0.393 e. The van der Waals surface area contributed by atoms with Crippen LogP contribution in [0.5, 0.6) is 0 Å². The van der Waals surface area contributed by atoms with Gasteiger partial charge >= 0.3 is 0 Å². The third-order valence-electron chi connectivity index (χ3n) is 2.59. The minimum atomic E-state index is -0.207. The first kappa shape index (κ1) is 16.3. The average Bonchev–Trinajstić information content (AvgIpc) is 2.13. The molecule has 1 amide bonds. The lowest BCUT2D eigenvalue weighted by atomic mass is 10.1. The predicted octanol–water partition coefficient (Wildman–Crippen LogP) is 1.14. The van der Waals surface area contributed by atoms with Gasteiger partial charge in [-0.3, -0.25) is 9.69 Å². The summed E-state index contributed by atoms with van der Waals surface area (Å²) in [5, 5.41) is 2.96. The maximum atomic E-state index is 11.9. The zero-order valence-corrected chi connectivity index (χ0v) is 12.5. The van der Waals surface area contributed by atoms with Crippen molar-refractivity contribution in [3.63, 3.8) is 0 Å². The molecule has 100 valence electrons. The van der Waals surface area contributed by atoms with Crippen LogP contribution in [-0.2, 0) is 4.79 Å². The number of nitrogens with two attached hydrogens (primary N) is 1. The van der Waals surface area contributed by atoms with E-state index in [0.717, 1.165) is 0 Å². The Balaban J connectivity index is 4.35. The summed E-state index contributed by atoms with van der Waals surface area (Å²) in [5.41, 5.74) is 5.36. The molecular weight excluding hydrogens is 234 g/mol. The summed E-state index contributed by atoms with van der Waals surface area (Å²) in [5.74, 6) is 0.134. The molecule has 5 heteroatoms. The van der Waals surface area contributed by atoms with Crippen LogP contribution in [0.2, 0.25) is 0 Å². The molecule has 2 unspecified atom stereocenters. The van der Waals surface area contributed by atoms with Crippen molar-refractivity contribution in [2.75, 3.05) is 13.6 Å². The van der Waals surface area contributed by atoms with Gasteiger partial charge in [0.25, 0.3) is 0 Å². The number of carbonyl (C=O) groups is 1. The fraction of sp³-hybridized carbons (Fsp3) is 0.833. The van der Waals surface area contributed by atoms with E-state index in [4.69, 9.17) is 18.0 Å². The second kappa shape index (κ2) is 6.31. The molecule has 2 atom stereocenters. The molecule has 0 fully saturated rings. The lowest BCUT2D eigenvalue weighted by Gasteiger charge is -2.29. The first-order chi connectivity index (χ1) is 7.54. The second-order valence-electron chi connectivity index (χ2n) is 5.66. The van der Waals surface area contributed by atoms with Gasteiger partial charge in [-0.25, -0.2) is 0 Å². The van der Waals surface area contributed by atoms with Gasteiger partial charge in [-0.15, -0.1) is 0 Å². The Morgan fingerprint density at radius 2 is 1.88 bits per heavy atom. The maximum Gasteiger partial charge on any atom is 0.237 e. The first-order valence-corrected chi connectivity index (χ1v) is 6.27. The van der Waals surface area contributed by atoms with Gasteiger partial charge in [-0.2, -0.15) is 0 Å².